The third-order valence-electron chi connectivity index (χ3n) is 2.11. The van der Waals surface area contributed by atoms with Gasteiger partial charge in [0.15, 0.2) is 0 Å². The molecule has 0 radical (unpaired) electrons. The first-order chi connectivity index (χ1) is 7.40. The molecule has 0 N–H and O–H groups in total. The molecule has 2 aromatic rings. The van der Waals surface area contributed by atoms with Crippen LogP contribution in [0.15, 0.2) is 36.7 Å². The van der Waals surface area contributed by atoms with E-state index in [4.69, 9.17) is 5.26 Å². The fourth-order valence-electron chi connectivity index (χ4n) is 1.38. The van der Waals surface area contributed by atoms with Crippen LogP contribution in [-0.2, 0) is 13.0 Å². The van der Waals surface area contributed by atoms with E-state index in [1.165, 1.54) is 6.33 Å². The van der Waals surface area contributed by atoms with E-state index in [-0.39, 0.29) is 0 Å². The zero-order chi connectivity index (χ0) is 10.5. The fourth-order valence-corrected chi connectivity index (χ4v) is 1.38. The fraction of sp³-hybridized carbons (Fsp3) is 0.182. The topological polar surface area (TPSA) is 54.5 Å². The van der Waals surface area contributed by atoms with Crippen LogP contribution >= 0.6 is 0 Å². The van der Waals surface area contributed by atoms with Gasteiger partial charge >= 0.3 is 0 Å². The smallest absolute Gasteiger partial charge is 0.141 e. The van der Waals surface area contributed by atoms with Gasteiger partial charge < -0.3 is 0 Å². The Morgan fingerprint density at radius 3 is 2.80 bits per heavy atom. The lowest BCUT2D eigenvalue weighted by molar-refractivity contribution is 0.651. The van der Waals surface area contributed by atoms with E-state index in [1.54, 1.807) is 4.68 Å². The van der Waals surface area contributed by atoms with Crippen molar-refractivity contribution in [2.45, 2.75) is 13.0 Å². The van der Waals surface area contributed by atoms with Gasteiger partial charge in [-0.05, 0) is 5.56 Å². The van der Waals surface area contributed by atoms with Gasteiger partial charge in [-0.15, -0.1) is 0 Å². The Hall–Kier alpha value is -2.15. The summed E-state index contributed by atoms with van der Waals surface area (Å²) < 4.78 is 1.75. The molecule has 15 heavy (non-hydrogen) atoms. The molecular weight excluding hydrogens is 188 g/mol. The average Bonchev–Trinajstić information content (AvgIpc) is 2.68. The number of nitriles is 1. The minimum Gasteiger partial charge on any atom is -0.245 e. The maximum absolute atomic E-state index is 8.60. The van der Waals surface area contributed by atoms with Gasteiger partial charge in [0.25, 0.3) is 0 Å². The standard InChI is InChI=1S/C11H10N4/c12-7-6-11-13-9-14-15(11)8-10-4-2-1-3-5-10/h1-5,9H,6,8H2. The molecule has 0 aliphatic heterocycles. The zero-order valence-corrected chi connectivity index (χ0v) is 8.17. The molecule has 2 rings (SSSR count). The summed E-state index contributed by atoms with van der Waals surface area (Å²) in [4.78, 5) is 4.03. The molecule has 0 unspecified atom stereocenters. The van der Waals surface area contributed by atoms with Crippen molar-refractivity contribution in [2.75, 3.05) is 0 Å². The molecule has 0 saturated heterocycles. The number of benzene rings is 1. The monoisotopic (exact) mass is 198 g/mol. The molecule has 0 aliphatic rings. The molecule has 1 aromatic carbocycles. The maximum Gasteiger partial charge on any atom is 0.141 e. The lowest BCUT2D eigenvalue weighted by Crippen LogP contribution is -2.06. The van der Waals surface area contributed by atoms with Crippen LogP contribution in [0.5, 0.6) is 0 Å². The normalized spacial score (nSPS) is 9.80. The molecule has 0 bridgehead atoms. The highest BCUT2D eigenvalue weighted by Gasteiger charge is 2.03. The van der Waals surface area contributed by atoms with Crippen LogP contribution in [0, 0.1) is 11.3 Å². The first-order valence-corrected chi connectivity index (χ1v) is 4.67. The summed E-state index contributed by atoms with van der Waals surface area (Å²) in [5.74, 6) is 0.710. The SMILES string of the molecule is N#CCc1ncnn1Cc1ccccc1. The Kier molecular flexibility index (Phi) is 2.75. The predicted octanol–water partition coefficient (Wildman–Crippen LogP) is 1.39. The van der Waals surface area contributed by atoms with Crippen LogP contribution < -0.4 is 0 Å². The third-order valence-corrected chi connectivity index (χ3v) is 2.11. The van der Waals surface area contributed by atoms with Crippen LogP contribution in [0.4, 0.5) is 0 Å². The van der Waals surface area contributed by atoms with Gasteiger partial charge in [0.05, 0.1) is 19.0 Å². The summed E-state index contributed by atoms with van der Waals surface area (Å²) in [6.07, 6.45) is 1.78. The second kappa shape index (κ2) is 4.38. The number of rotatable bonds is 3. The predicted molar refractivity (Wildman–Crippen MR) is 54.9 cm³/mol. The quantitative estimate of drug-likeness (QED) is 0.748. The minimum absolute atomic E-state index is 0.298. The molecule has 1 heterocycles. The molecule has 0 aliphatic carbocycles. The van der Waals surface area contributed by atoms with E-state index in [0.29, 0.717) is 18.8 Å². The Morgan fingerprint density at radius 1 is 1.27 bits per heavy atom. The second-order valence-corrected chi connectivity index (χ2v) is 3.15. The van der Waals surface area contributed by atoms with Gasteiger partial charge in [-0.1, -0.05) is 30.3 Å². The van der Waals surface area contributed by atoms with Crippen LogP contribution in [0.3, 0.4) is 0 Å². The van der Waals surface area contributed by atoms with Gasteiger partial charge in [0.1, 0.15) is 12.2 Å². The Labute approximate surface area is 87.8 Å². The van der Waals surface area contributed by atoms with Crippen molar-refractivity contribution in [3.05, 3.63) is 48.0 Å². The molecular formula is C11H10N4. The lowest BCUT2D eigenvalue weighted by atomic mass is 10.2. The van der Waals surface area contributed by atoms with Crippen molar-refractivity contribution >= 4 is 0 Å². The first kappa shape index (κ1) is 9.41. The van der Waals surface area contributed by atoms with E-state index in [2.05, 4.69) is 16.2 Å². The van der Waals surface area contributed by atoms with Gasteiger partial charge in [-0.25, -0.2) is 9.67 Å². The summed E-state index contributed by atoms with van der Waals surface area (Å²) in [7, 11) is 0. The van der Waals surface area contributed by atoms with E-state index in [0.717, 1.165) is 5.56 Å². The summed E-state index contributed by atoms with van der Waals surface area (Å²) in [5.41, 5.74) is 1.15. The lowest BCUT2D eigenvalue weighted by Gasteiger charge is -2.03. The maximum atomic E-state index is 8.60. The highest BCUT2D eigenvalue weighted by Crippen LogP contribution is 2.03. The van der Waals surface area contributed by atoms with Gasteiger partial charge in [-0.3, -0.25) is 0 Å². The van der Waals surface area contributed by atoms with Crippen molar-refractivity contribution in [1.82, 2.24) is 14.8 Å². The summed E-state index contributed by atoms with van der Waals surface area (Å²) in [6.45, 7) is 0.665. The number of aromatic nitrogens is 3. The van der Waals surface area contributed by atoms with Crippen LogP contribution in [0.1, 0.15) is 11.4 Å². The summed E-state index contributed by atoms with van der Waals surface area (Å²) in [6, 6.07) is 12.1. The molecule has 1 aromatic heterocycles. The Bertz CT molecular complexity index is 467. The Balaban J connectivity index is 2.18. The van der Waals surface area contributed by atoms with E-state index < -0.39 is 0 Å². The molecule has 0 fully saturated rings. The van der Waals surface area contributed by atoms with Crippen molar-refractivity contribution in [3.8, 4) is 6.07 Å². The first-order valence-electron chi connectivity index (χ1n) is 4.67. The number of nitrogens with zero attached hydrogens (tertiary/aromatic N) is 4. The molecule has 0 saturated carbocycles. The molecule has 4 nitrogen and oxygen atoms in total. The van der Waals surface area contributed by atoms with Gasteiger partial charge in [0.2, 0.25) is 0 Å². The molecule has 0 atom stereocenters. The van der Waals surface area contributed by atoms with Crippen LogP contribution in [-0.4, -0.2) is 14.8 Å². The summed E-state index contributed by atoms with van der Waals surface area (Å²) in [5, 5.41) is 12.7. The minimum atomic E-state index is 0.298. The van der Waals surface area contributed by atoms with Crippen molar-refractivity contribution in [1.29, 1.82) is 5.26 Å². The summed E-state index contributed by atoms with van der Waals surface area (Å²) >= 11 is 0. The molecule has 0 amide bonds. The average molecular weight is 198 g/mol. The van der Waals surface area contributed by atoms with E-state index >= 15 is 0 Å². The molecule has 0 spiro atoms. The second-order valence-electron chi connectivity index (χ2n) is 3.15. The molecule has 4 heteroatoms. The number of hydrogen-bond acceptors (Lipinski definition) is 3. The molecule has 74 valence electrons. The van der Waals surface area contributed by atoms with Gasteiger partial charge in [0, 0.05) is 0 Å². The van der Waals surface area contributed by atoms with Crippen molar-refractivity contribution < 1.29 is 0 Å². The van der Waals surface area contributed by atoms with E-state index in [1.807, 2.05) is 30.3 Å². The van der Waals surface area contributed by atoms with Gasteiger partial charge in [-0.2, -0.15) is 10.4 Å². The van der Waals surface area contributed by atoms with Crippen molar-refractivity contribution in [3.63, 3.8) is 0 Å². The van der Waals surface area contributed by atoms with Crippen LogP contribution in [0.25, 0.3) is 0 Å². The largest absolute Gasteiger partial charge is 0.245 e. The van der Waals surface area contributed by atoms with Crippen LogP contribution in [0.2, 0.25) is 0 Å². The van der Waals surface area contributed by atoms with E-state index in [9.17, 15) is 0 Å². The zero-order valence-electron chi connectivity index (χ0n) is 8.17. The van der Waals surface area contributed by atoms with Crippen molar-refractivity contribution in [2.24, 2.45) is 0 Å². The number of hydrogen-bond donors (Lipinski definition) is 0. The Morgan fingerprint density at radius 2 is 2.07 bits per heavy atom. The highest BCUT2D eigenvalue weighted by molar-refractivity contribution is 5.15. The third kappa shape index (κ3) is 2.20. The highest BCUT2D eigenvalue weighted by atomic mass is 15.3.